The van der Waals surface area contributed by atoms with E-state index in [4.69, 9.17) is 11.0 Å². The molecule has 2 N–H and O–H groups in total. The van der Waals surface area contributed by atoms with Gasteiger partial charge in [0.15, 0.2) is 5.69 Å². The van der Waals surface area contributed by atoms with Crippen LogP contribution in [0.15, 0.2) is 46.6 Å². The highest BCUT2D eigenvalue weighted by Crippen LogP contribution is 2.30. The zero-order valence-corrected chi connectivity index (χ0v) is 9.11. The summed E-state index contributed by atoms with van der Waals surface area (Å²) in [5.74, 6) is 0. The molecule has 0 amide bonds. The fraction of sp³-hybridized carbons (Fsp3) is 0. The first-order valence-corrected chi connectivity index (χ1v) is 5.36. The zero-order chi connectivity index (χ0) is 11.4. The normalized spacial score (nSPS) is 9.69. The molecule has 2 aromatic heterocycles. The summed E-state index contributed by atoms with van der Waals surface area (Å²) >= 11 is 1.34. The fourth-order valence-electron chi connectivity index (χ4n) is 1.15. The van der Waals surface area contributed by atoms with E-state index in [1.54, 1.807) is 30.6 Å². The lowest BCUT2D eigenvalue weighted by Crippen LogP contribution is -1.92. The minimum absolute atomic E-state index is 0.387. The minimum atomic E-state index is 0.387. The second-order valence-electron chi connectivity index (χ2n) is 2.96. The van der Waals surface area contributed by atoms with E-state index < -0.39 is 0 Å². The molecular formula is C11H8N4S. The van der Waals surface area contributed by atoms with Crippen LogP contribution in [0, 0.1) is 11.3 Å². The van der Waals surface area contributed by atoms with Crippen LogP contribution in [0.1, 0.15) is 5.69 Å². The maximum atomic E-state index is 8.89. The number of aromatic nitrogens is 2. The Morgan fingerprint density at radius 2 is 1.94 bits per heavy atom. The molecule has 2 aromatic rings. The van der Waals surface area contributed by atoms with Gasteiger partial charge in [-0.15, -0.1) is 0 Å². The highest BCUT2D eigenvalue weighted by molar-refractivity contribution is 7.99. The summed E-state index contributed by atoms with van der Waals surface area (Å²) in [4.78, 5) is 8.88. The number of nitrogen functional groups attached to an aromatic ring is 1. The van der Waals surface area contributed by atoms with Crippen LogP contribution in [0.5, 0.6) is 0 Å². The molecule has 0 aliphatic carbocycles. The van der Waals surface area contributed by atoms with Crippen LogP contribution in [-0.4, -0.2) is 9.97 Å². The third-order valence-electron chi connectivity index (χ3n) is 1.88. The van der Waals surface area contributed by atoms with E-state index in [-0.39, 0.29) is 0 Å². The van der Waals surface area contributed by atoms with E-state index in [1.165, 1.54) is 11.8 Å². The molecule has 0 unspecified atom stereocenters. The van der Waals surface area contributed by atoms with Crippen LogP contribution in [0.25, 0.3) is 0 Å². The van der Waals surface area contributed by atoms with Crippen molar-refractivity contribution >= 4 is 17.4 Å². The first-order valence-electron chi connectivity index (χ1n) is 4.54. The molecule has 0 saturated carbocycles. The van der Waals surface area contributed by atoms with Crippen molar-refractivity contribution in [3.8, 4) is 6.07 Å². The Morgan fingerprint density at radius 1 is 1.19 bits per heavy atom. The highest BCUT2D eigenvalue weighted by Gasteiger charge is 2.07. The molecule has 5 heteroatoms. The average molecular weight is 228 g/mol. The fourth-order valence-corrected chi connectivity index (χ4v) is 2.00. The smallest absolute Gasteiger partial charge is 0.154 e. The second kappa shape index (κ2) is 4.64. The monoisotopic (exact) mass is 228 g/mol. The van der Waals surface area contributed by atoms with Crippen LogP contribution >= 0.6 is 11.8 Å². The quantitative estimate of drug-likeness (QED) is 0.851. The summed E-state index contributed by atoms with van der Waals surface area (Å²) in [7, 11) is 0. The van der Waals surface area contributed by atoms with Crippen molar-refractivity contribution in [2.24, 2.45) is 0 Å². The SMILES string of the molecule is N#Cc1ncccc1Sc1ncccc1N. The molecule has 0 aromatic carbocycles. The van der Waals surface area contributed by atoms with Crippen LogP contribution in [0.2, 0.25) is 0 Å². The average Bonchev–Trinajstić information content (AvgIpc) is 2.33. The Bertz CT molecular complexity index is 548. The minimum Gasteiger partial charge on any atom is -0.397 e. The summed E-state index contributed by atoms with van der Waals surface area (Å²) in [5, 5.41) is 9.58. The van der Waals surface area contributed by atoms with Crippen molar-refractivity contribution < 1.29 is 0 Å². The van der Waals surface area contributed by atoms with Crippen molar-refractivity contribution in [3.63, 3.8) is 0 Å². The maximum absolute atomic E-state index is 8.89. The van der Waals surface area contributed by atoms with Crippen molar-refractivity contribution in [1.82, 2.24) is 9.97 Å². The van der Waals surface area contributed by atoms with Gasteiger partial charge < -0.3 is 5.73 Å². The number of nitrogens with two attached hydrogens (primary N) is 1. The predicted molar refractivity (Wildman–Crippen MR) is 61.7 cm³/mol. The lowest BCUT2D eigenvalue weighted by atomic mass is 10.4. The van der Waals surface area contributed by atoms with Crippen molar-refractivity contribution in [3.05, 3.63) is 42.4 Å². The molecule has 0 saturated heterocycles. The zero-order valence-electron chi connectivity index (χ0n) is 8.29. The number of pyridine rings is 2. The number of anilines is 1. The highest BCUT2D eigenvalue weighted by atomic mass is 32.2. The van der Waals surface area contributed by atoms with Gasteiger partial charge >= 0.3 is 0 Å². The van der Waals surface area contributed by atoms with Gasteiger partial charge in [0.05, 0.1) is 10.6 Å². The predicted octanol–water partition coefficient (Wildman–Crippen LogP) is 2.08. The van der Waals surface area contributed by atoms with Crippen LogP contribution in [-0.2, 0) is 0 Å². The first kappa shape index (κ1) is 10.5. The van der Waals surface area contributed by atoms with E-state index in [2.05, 4.69) is 9.97 Å². The van der Waals surface area contributed by atoms with Gasteiger partial charge in [0.25, 0.3) is 0 Å². The summed E-state index contributed by atoms with van der Waals surface area (Å²) < 4.78 is 0. The number of hydrogen-bond acceptors (Lipinski definition) is 5. The van der Waals surface area contributed by atoms with E-state index in [0.29, 0.717) is 16.4 Å². The molecule has 0 aliphatic heterocycles. The second-order valence-corrected chi connectivity index (χ2v) is 3.99. The molecule has 0 spiro atoms. The summed E-state index contributed by atoms with van der Waals surface area (Å²) in [6.07, 6.45) is 3.26. The number of hydrogen-bond donors (Lipinski definition) is 1. The Balaban J connectivity index is 2.35. The maximum Gasteiger partial charge on any atom is 0.154 e. The standard InChI is InChI=1S/C11H8N4S/c12-7-9-10(4-2-5-14-9)16-11-8(13)3-1-6-15-11/h1-6H,13H2. The number of rotatable bonds is 2. The van der Waals surface area contributed by atoms with Crippen molar-refractivity contribution in [2.45, 2.75) is 9.92 Å². The Labute approximate surface area is 97.1 Å². The summed E-state index contributed by atoms with van der Waals surface area (Å²) in [6, 6.07) is 9.19. The van der Waals surface area contributed by atoms with Crippen molar-refractivity contribution in [2.75, 3.05) is 5.73 Å². The van der Waals surface area contributed by atoms with Gasteiger partial charge in [-0.25, -0.2) is 9.97 Å². The largest absolute Gasteiger partial charge is 0.397 e. The number of nitrogens with zero attached hydrogens (tertiary/aromatic N) is 3. The molecule has 0 fully saturated rings. The molecule has 0 bridgehead atoms. The van der Waals surface area contributed by atoms with Gasteiger partial charge in [-0.2, -0.15) is 5.26 Å². The van der Waals surface area contributed by atoms with Gasteiger partial charge in [0, 0.05) is 12.4 Å². The first-order chi connectivity index (χ1) is 7.81. The Kier molecular flexibility index (Phi) is 3.03. The third-order valence-corrected chi connectivity index (χ3v) is 2.97. The van der Waals surface area contributed by atoms with Gasteiger partial charge in [0.2, 0.25) is 0 Å². The van der Waals surface area contributed by atoms with E-state index in [0.717, 1.165) is 4.90 Å². The third kappa shape index (κ3) is 2.12. The molecule has 0 atom stereocenters. The molecule has 0 aliphatic rings. The van der Waals surface area contributed by atoms with Gasteiger partial charge in [-0.1, -0.05) is 11.8 Å². The Hall–Kier alpha value is -2.06. The van der Waals surface area contributed by atoms with Gasteiger partial charge in [-0.3, -0.25) is 0 Å². The molecule has 0 radical (unpaired) electrons. The lowest BCUT2D eigenvalue weighted by molar-refractivity contribution is 1.12. The molecule has 16 heavy (non-hydrogen) atoms. The summed E-state index contributed by atoms with van der Waals surface area (Å²) in [5.41, 5.74) is 6.76. The van der Waals surface area contributed by atoms with Crippen LogP contribution in [0.4, 0.5) is 5.69 Å². The molecule has 2 rings (SSSR count). The van der Waals surface area contributed by atoms with E-state index in [1.807, 2.05) is 12.1 Å². The van der Waals surface area contributed by atoms with Gasteiger partial charge in [-0.05, 0) is 24.3 Å². The van der Waals surface area contributed by atoms with Gasteiger partial charge in [0.1, 0.15) is 11.1 Å². The molecule has 4 nitrogen and oxygen atoms in total. The lowest BCUT2D eigenvalue weighted by Gasteiger charge is -2.04. The number of nitriles is 1. The van der Waals surface area contributed by atoms with E-state index in [9.17, 15) is 0 Å². The molecule has 2 heterocycles. The van der Waals surface area contributed by atoms with Crippen LogP contribution < -0.4 is 5.73 Å². The molecular weight excluding hydrogens is 220 g/mol. The summed E-state index contributed by atoms with van der Waals surface area (Å²) in [6.45, 7) is 0. The topological polar surface area (TPSA) is 75.6 Å². The Morgan fingerprint density at radius 3 is 2.69 bits per heavy atom. The van der Waals surface area contributed by atoms with Crippen LogP contribution in [0.3, 0.4) is 0 Å². The van der Waals surface area contributed by atoms with Crippen molar-refractivity contribution in [1.29, 1.82) is 5.26 Å². The van der Waals surface area contributed by atoms with E-state index >= 15 is 0 Å². The molecule has 78 valence electrons.